The monoisotopic (exact) mass is 382 g/mol. The number of aromatic nitrogens is 1. The number of aliphatic hydroxyl groups is 1. The van der Waals surface area contributed by atoms with E-state index >= 15 is 0 Å². The summed E-state index contributed by atoms with van der Waals surface area (Å²) in [7, 11) is 1.57. The zero-order valence-electron chi connectivity index (χ0n) is 16.6. The van der Waals surface area contributed by atoms with Crippen molar-refractivity contribution in [2.75, 3.05) is 13.7 Å². The smallest absolute Gasteiger partial charge is 0.334 e. The fourth-order valence-corrected chi connectivity index (χ4v) is 9.42. The van der Waals surface area contributed by atoms with Crippen molar-refractivity contribution in [3.63, 3.8) is 0 Å². The molecule has 2 bridgehead atoms. The summed E-state index contributed by atoms with van der Waals surface area (Å²) in [5, 5.41) is 22.7. The molecule has 3 saturated carbocycles. The number of methoxy groups -OCH3 is 1. The van der Waals surface area contributed by atoms with Crippen LogP contribution in [0.4, 0.5) is 0 Å². The molecule has 150 valence electrons. The van der Waals surface area contributed by atoms with Crippen molar-refractivity contribution in [1.29, 1.82) is 0 Å². The van der Waals surface area contributed by atoms with Crippen molar-refractivity contribution in [3.05, 3.63) is 34.7 Å². The van der Waals surface area contributed by atoms with Gasteiger partial charge >= 0.3 is 5.97 Å². The first-order valence-electron chi connectivity index (χ1n) is 10.7. The number of hydrogen-bond acceptors (Lipinski definition) is 3. The first-order chi connectivity index (χ1) is 13.4. The first kappa shape index (κ1) is 17.3. The van der Waals surface area contributed by atoms with Gasteiger partial charge < -0.3 is 19.9 Å². The van der Waals surface area contributed by atoms with Crippen LogP contribution in [0.2, 0.25) is 0 Å². The Morgan fingerprint density at radius 2 is 2.11 bits per heavy atom. The molecule has 0 saturated heterocycles. The molecular weight excluding hydrogens is 354 g/mol. The first-order valence-corrected chi connectivity index (χ1v) is 10.7. The second-order valence-electron chi connectivity index (χ2n) is 10.1. The molecule has 0 aliphatic heterocycles. The van der Waals surface area contributed by atoms with E-state index in [1.165, 1.54) is 0 Å². The average molecular weight is 382 g/mol. The van der Waals surface area contributed by atoms with Gasteiger partial charge in [0.05, 0.1) is 12.2 Å². The molecule has 5 nitrogen and oxygen atoms in total. The molecule has 5 heteroatoms. The lowest BCUT2D eigenvalue weighted by molar-refractivity contribution is -0.187. The van der Waals surface area contributed by atoms with Crippen molar-refractivity contribution in [2.24, 2.45) is 22.7 Å². The van der Waals surface area contributed by atoms with Crippen molar-refractivity contribution in [2.45, 2.75) is 62.9 Å². The van der Waals surface area contributed by atoms with Crippen LogP contribution in [0.1, 0.15) is 56.7 Å². The van der Waals surface area contributed by atoms with E-state index in [2.05, 4.69) is 13.0 Å². The van der Waals surface area contributed by atoms with Crippen LogP contribution in [0.15, 0.2) is 23.4 Å². The lowest BCUT2D eigenvalue weighted by atomic mass is 9.34. The van der Waals surface area contributed by atoms with E-state index in [4.69, 9.17) is 9.72 Å². The highest BCUT2D eigenvalue weighted by Gasteiger charge is 2.84. The van der Waals surface area contributed by atoms with Crippen molar-refractivity contribution in [3.8, 4) is 0 Å². The Kier molecular flexibility index (Phi) is 3.04. The largest absolute Gasteiger partial charge is 0.667 e. The molecule has 6 rings (SSSR count). The van der Waals surface area contributed by atoms with Crippen LogP contribution in [0.5, 0.6) is 0 Å². The topological polar surface area (TPSA) is 80.9 Å². The lowest BCUT2D eigenvalue weighted by Crippen LogP contribution is -2.71. The second-order valence-corrected chi connectivity index (χ2v) is 10.1. The van der Waals surface area contributed by atoms with Gasteiger partial charge in [-0.1, -0.05) is 25.0 Å². The van der Waals surface area contributed by atoms with Crippen LogP contribution in [0.3, 0.4) is 0 Å². The molecule has 5 aliphatic rings. The Hall–Kier alpha value is -1.59. The molecule has 0 radical (unpaired) electrons. The van der Waals surface area contributed by atoms with Gasteiger partial charge in [0, 0.05) is 17.9 Å². The number of carboxylic acids is 1. The maximum absolute atomic E-state index is 12.7. The van der Waals surface area contributed by atoms with Gasteiger partial charge in [0.25, 0.3) is 0 Å². The summed E-state index contributed by atoms with van der Waals surface area (Å²) in [6, 6.07) is 2.07. The molecule has 5 aliphatic carbocycles. The summed E-state index contributed by atoms with van der Waals surface area (Å²) in [5.74, 6) is -0.0554. The molecule has 1 spiro atoms. The quantitative estimate of drug-likeness (QED) is 0.840. The molecule has 1 aromatic heterocycles. The molecule has 6 atom stereocenters. The molecule has 0 amide bonds. The van der Waals surface area contributed by atoms with Crippen molar-refractivity contribution < 1.29 is 19.7 Å². The van der Waals surface area contributed by atoms with Gasteiger partial charge in [0.15, 0.2) is 0 Å². The van der Waals surface area contributed by atoms with E-state index in [1.807, 2.05) is 6.20 Å². The molecule has 2 N–H and O–H groups in total. The van der Waals surface area contributed by atoms with Crippen molar-refractivity contribution in [1.82, 2.24) is 4.98 Å². The van der Waals surface area contributed by atoms with Crippen LogP contribution in [-0.2, 0) is 21.4 Å². The summed E-state index contributed by atoms with van der Waals surface area (Å²) >= 11 is 0. The summed E-state index contributed by atoms with van der Waals surface area (Å²) in [6.45, 7) is 2.41. The van der Waals surface area contributed by atoms with E-state index in [9.17, 15) is 15.0 Å². The number of rotatable bonds is 3. The van der Waals surface area contributed by atoms with Gasteiger partial charge in [0.2, 0.25) is 0 Å². The lowest BCUT2D eigenvalue weighted by Gasteiger charge is -2.70. The van der Waals surface area contributed by atoms with E-state index < -0.39 is 17.0 Å². The van der Waals surface area contributed by atoms with Crippen LogP contribution in [-0.4, -0.2) is 35.5 Å². The summed E-state index contributed by atoms with van der Waals surface area (Å²) in [5.41, 5.74) is 1.04. The third kappa shape index (κ3) is 1.38. The van der Waals surface area contributed by atoms with Crippen LogP contribution < -0.4 is 4.98 Å². The minimum atomic E-state index is -1.50. The number of aliphatic carboxylic acids is 1. The zero-order chi connectivity index (χ0) is 19.5. The minimum absolute atomic E-state index is 0.0258. The second kappa shape index (κ2) is 4.93. The highest BCUT2D eigenvalue weighted by atomic mass is 16.5. The third-order valence-corrected chi connectivity index (χ3v) is 9.75. The number of allylic oxidation sites excluding steroid dienone is 1. The van der Waals surface area contributed by atoms with E-state index in [0.29, 0.717) is 11.8 Å². The van der Waals surface area contributed by atoms with Gasteiger partial charge in [-0.3, -0.25) is 0 Å². The molecule has 1 aromatic rings. The van der Waals surface area contributed by atoms with Crippen LogP contribution in [0.25, 0.3) is 0 Å². The van der Waals surface area contributed by atoms with E-state index in [1.54, 1.807) is 7.11 Å². The highest BCUT2D eigenvalue weighted by molar-refractivity contribution is 5.93. The Morgan fingerprint density at radius 1 is 1.32 bits per heavy atom. The van der Waals surface area contributed by atoms with Gasteiger partial charge in [-0.25, -0.2) is 4.79 Å². The minimum Gasteiger partial charge on any atom is -0.667 e. The molecule has 0 aromatic carbocycles. The van der Waals surface area contributed by atoms with E-state index in [0.717, 1.165) is 61.8 Å². The molecule has 0 unspecified atom stereocenters. The molecule has 28 heavy (non-hydrogen) atoms. The van der Waals surface area contributed by atoms with Gasteiger partial charge in [-0.15, -0.1) is 0 Å². The Morgan fingerprint density at radius 3 is 2.86 bits per heavy atom. The van der Waals surface area contributed by atoms with E-state index in [-0.39, 0.29) is 23.0 Å². The average Bonchev–Trinajstić information content (AvgIpc) is 3.19. The predicted octanol–water partition coefficient (Wildman–Crippen LogP) is 2.82. The van der Waals surface area contributed by atoms with Gasteiger partial charge in [0.1, 0.15) is 5.60 Å². The number of carboxylic acid groups (broad SMARTS) is 1. The summed E-state index contributed by atoms with van der Waals surface area (Å²) in [6.07, 6.45) is 8.84. The summed E-state index contributed by atoms with van der Waals surface area (Å²) in [4.78, 5) is 17.4. The summed E-state index contributed by atoms with van der Waals surface area (Å²) < 4.78 is 5.54. The van der Waals surface area contributed by atoms with Crippen molar-refractivity contribution >= 4 is 5.97 Å². The van der Waals surface area contributed by atoms with Crippen LogP contribution >= 0.6 is 0 Å². The fraction of sp³-hybridized carbons (Fsp3) is 0.696. The Labute approximate surface area is 165 Å². The Balaban J connectivity index is 1.81. The van der Waals surface area contributed by atoms with Gasteiger partial charge in [-0.2, -0.15) is 11.9 Å². The molecule has 1 heterocycles. The third-order valence-electron chi connectivity index (χ3n) is 9.75. The van der Waals surface area contributed by atoms with Crippen LogP contribution in [0, 0.1) is 22.7 Å². The predicted molar refractivity (Wildman–Crippen MR) is 102 cm³/mol. The molecule has 3 fully saturated rings. The number of hydrogen-bond donors (Lipinski definition) is 2. The standard InChI is InChI=1S/C23H28NO4/c1-20-11-17-15(7-9-24-17)21-8-3-4-13-5-6-14(20)10-16(23(13,20)21)18(19(25)26)22(21,27)12-28-2/h7,9,13-14,27H,3-6,8,10-12H2,1-2H3,(H,25,26)/q-1/t13-,14-,20+,21-,22+,23-/m1/s1. The maximum atomic E-state index is 12.7. The number of ether oxygens (including phenoxy) is 1. The Bertz CT molecular complexity index is 933. The van der Waals surface area contributed by atoms with Gasteiger partial charge in [-0.05, 0) is 61.3 Å². The fourth-order valence-electron chi connectivity index (χ4n) is 9.42. The number of fused-ring (bicyclic) bond motifs is 1. The number of carbonyl (C=O) groups is 1. The normalized spacial score (nSPS) is 47.8. The maximum Gasteiger partial charge on any atom is 0.334 e. The zero-order valence-corrected chi connectivity index (χ0v) is 16.6. The SMILES string of the molecule is COC[C@]1(O)C(C(=O)O)=C2C[C@H]3CC[C@H]4CCC[C@@]15c1cc[n-]c1C[C@]3(C)[C@]245. The number of nitrogens with zero attached hydrogens (tertiary/aromatic N) is 1. The highest BCUT2D eigenvalue weighted by Crippen LogP contribution is 2.85. The molecular formula is C23H28NO4-.